The molecule has 3 aromatic rings. The van der Waals surface area contributed by atoms with Crippen molar-refractivity contribution in [2.45, 2.75) is 24.3 Å². The van der Waals surface area contributed by atoms with Crippen LogP contribution in [0.2, 0.25) is 0 Å². The monoisotopic (exact) mass is 415 g/mol. The highest BCUT2D eigenvalue weighted by Crippen LogP contribution is 2.22. The molecule has 0 aliphatic heterocycles. The zero-order chi connectivity index (χ0) is 21.2. The number of benzene rings is 1. The number of aromatic nitrogens is 3. The fourth-order valence-electron chi connectivity index (χ4n) is 3.09. The Morgan fingerprint density at radius 2 is 1.93 bits per heavy atom. The second-order valence-corrected chi connectivity index (χ2v) is 9.29. The number of amides is 1. The normalized spacial score (nSPS) is 11.9. The number of carbonyl (C=O) groups excluding carboxylic acids is 1. The predicted octanol–water partition coefficient (Wildman–Crippen LogP) is 1.81. The van der Waals surface area contributed by atoms with Gasteiger partial charge in [0, 0.05) is 60.0 Å². The highest BCUT2D eigenvalue weighted by atomic mass is 32.2. The van der Waals surface area contributed by atoms with Gasteiger partial charge in [-0.15, -0.1) is 0 Å². The maximum absolute atomic E-state index is 12.5. The SMILES string of the molecule is CN(Cc1cccnc1)C(=O)CCc1nc2cc(S(=O)(=O)N(C)C)ccc2n1C. The summed E-state index contributed by atoms with van der Waals surface area (Å²) in [5.41, 5.74) is 2.40. The molecule has 0 atom stereocenters. The standard InChI is InChI=1S/C20H25N5O3S/c1-23(2)29(27,28)16-7-8-18-17(12-16)22-19(25(18)4)9-10-20(26)24(3)14-15-6-5-11-21-13-15/h5-8,11-13H,9-10,14H2,1-4H3. The highest BCUT2D eigenvalue weighted by molar-refractivity contribution is 7.89. The average molecular weight is 416 g/mol. The molecule has 2 heterocycles. The molecule has 1 aromatic carbocycles. The minimum Gasteiger partial charge on any atom is -0.341 e. The zero-order valence-corrected chi connectivity index (χ0v) is 17.8. The van der Waals surface area contributed by atoms with Gasteiger partial charge in [0.15, 0.2) is 0 Å². The quantitative estimate of drug-likeness (QED) is 0.587. The van der Waals surface area contributed by atoms with Crippen LogP contribution in [0.1, 0.15) is 17.8 Å². The molecular formula is C20H25N5O3S. The van der Waals surface area contributed by atoms with Gasteiger partial charge < -0.3 is 9.47 Å². The molecule has 29 heavy (non-hydrogen) atoms. The number of sulfonamides is 1. The molecule has 0 radical (unpaired) electrons. The Kier molecular flexibility index (Phi) is 5.99. The number of imidazole rings is 1. The smallest absolute Gasteiger partial charge is 0.242 e. The summed E-state index contributed by atoms with van der Waals surface area (Å²) in [5.74, 6) is 0.749. The number of pyridine rings is 1. The van der Waals surface area contributed by atoms with Crippen LogP contribution in [0.15, 0.2) is 47.6 Å². The first kappa shape index (κ1) is 20.9. The minimum atomic E-state index is -3.52. The van der Waals surface area contributed by atoms with Crippen LogP contribution in [0.5, 0.6) is 0 Å². The Hall–Kier alpha value is -2.78. The van der Waals surface area contributed by atoms with Crippen LogP contribution in [0.3, 0.4) is 0 Å². The molecule has 8 nitrogen and oxygen atoms in total. The molecule has 0 bridgehead atoms. The van der Waals surface area contributed by atoms with E-state index in [1.165, 1.54) is 18.4 Å². The van der Waals surface area contributed by atoms with E-state index in [4.69, 9.17) is 0 Å². The molecule has 3 rings (SSSR count). The highest BCUT2D eigenvalue weighted by Gasteiger charge is 2.19. The third-order valence-electron chi connectivity index (χ3n) is 4.85. The zero-order valence-electron chi connectivity index (χ0n) is 17.0. The molecule has 0 fully saturated rings. The van der Waals surface area contributed by atoms with Crippen LogP contribution in [-0.2, 0) is 34.8 Å². The summed E-state index contributed by atoms with van der Waals surface area (Å²) in [6, 6.07) is 8.68. The van der Waals surface area contributed by atoms with E-state index < -0.39 is 10.0 Å². The molecule has 0 aliphatic rings. The van der Waals surface area contributed by atoms with Gasteiger partial charge in [0.2, 0.25) is 15.9 Å². The van der Waals surface area contributed by atoms with Crippen molar-refractivity contribution in [2.75, 3.05) is 21.1 Å². The average Bonchev–Trinajstić information content (AvgIpc) is 3.01. The van der Waals surface area contributed by atoms with Crippen LogP contribution in [0, 0.1) is 0 Å². The number of fused-ring (bicyclic) bond motifs is 1. The number of carbonyl (C=O) groups is 1. The van der Waals surface area contributed by atoms with Crippen molar-refractivity contribution in [2.24, 2.45) is 7.05 Å². The molecule has 2 aromatic heterocycles. The molecule has 0 aliphatic carbocycles. The van der Waals surface area contributed by atoms with Crippen molar-refractivity contribution in [1.82, 2.24) is 23.7 Å². The Labute approximate surface area is 170 Å². The third-order valence-corrected chi connectivity index (χ3v) is 6.67. The number of aryl methyl sites for hydroxylation is 2. The van der Waals surface area contributed by atoms with Crippen molar-refractivity contribution < 1.29 is 13.2 Å². The van der Waals surface area contributed by atoms with E-state index in [-0.39, 0.29) is 10.8 Å². The molecule has 0 spiro atoms. The van der Waals surface area contributed by atoms with Gasteiger partial charge in [-0.3, -0.25) is 9.78 Å². The van der Waals surface area contributed by atoms with Gasteiger partial charge in [0.25, 0.3) is 0 Å². The number of nitrogens with zero attached hydrogens (tertiary/aromatic N) is 5. The summed E-state index contributed by atoms with van der Waals surface area (Å²) in [5, 5.41) is 0. The van der Waals surface area contributed by atoms with E-state index in [0.717, 1.165) is 16.9 Å². The van der Waals surface area contributed by atoms with Crippen LogP contribution >= 0.6 is 0 Å². The summed E-state index contributed by atoms with van der Waals surface area (Å²) in [7, 11) is 3.11. The molecule has 0 N–H and O–H groups in total. The lowest BCUT2D eigenvalue weighted by Crippen LogP contribution is -2.26. The Bertz CT molecular complexity index is 1120. The molecule has 154 valence electrons. The third kappa shape index (κ3) is 4.46. The first-order chi connectivity index (χ1) is 13.7. The van der Waals surface area contributed by atoms with Crippen LogP contribution in [0.25, 0.3) is 11.0 Å². The van der Waals surface area contributed by atoms with Gasteiger partial charge in [-0.2, -0.15) is 0 Å². The van der Waals surface area contributed by atoms with Crippen molar-refractivity contribution in [1.29, 1.82) is 0 Å². The van der Waals surface area contributed by atoms with E-state index in [1.807, 2.05) is 23.7 Å². The summed E-state index contributed by atoms with van der Waals surface area (Å²) < 4.78 is 27.8. The van der Waals surface area contributed by atoms with Crippen LogP contribution < -0.4 is 0 Å². The Balaban J connectivity index is 1.73. The molecule has 0 unspecified atom stereocenters. The van der Waals surface area contributed by atoms with Gasteiger partial charge in [-0.25, -0.2) is 17.7 Å². The van der Waals surface area contributed by atoms with Crippen molar-refractivity contribution in [3.05, 3.63) is 54.1 Å². The molecule has 1 amide bonds. The second-order valence-electron chi connectivity index (χ2n) is 7.14. The molecule has 0 saturated heterocycles. The van der Waals surface area contributed by atoms with E-state index >= 15 is 0 Å². The van der Waals surface area contributed by atoms with Gasteiger partial charge >= 0.3 is 0 Å². The lowest BCUT2D eigenvalue weighted by atomic mass is 10.2. The number of hydrogen-bond acceptors (Lipinski definition) is 5. The Morgan fingerprint density at radius 3 is 2.59 bits per heavy atom. The number of rotatable bonds is 7. The lowest BCUT2D eigenvalue weighted by Gasteiger charge is -2.17. The fourth-order valence-corrected chi connectivity index (χ4v) is 4.01. The largest absolute Gasteiger partial charge is 0.341 e. The predicted molar refractivity (Wildman–Crippen MR) is 111 cm³/mol. The summed E-state index contributed by atoms with van der Waals surface area (Å²) in [4.78, 5) is 23.0. The fraction of sp³-hybridized carbons (Fsp3) is 0.350. The Morgan fingerprint density at radius 1 is 1.17 bits per heavy atom. The molecular weight excluding hydrogens is 390 g/mol. The summed E-state index contributed by atoms with van der Waals surface area (Å²) >= 11 is 0. The lowest BCUT2D eigenvalue weighted by molar-refractivity contribution is -0.130. The second kappa shape index (κ2) is 8.30. The van der Waals surface area contributed by atoms with Crippen LogP contribution in [0.4, 0.5) is 0 Å². The van der Waals surface area contributed by atoms with Gasteiger partial charge in [-0.05, 0) is 29.8 Å². The molecule has 9 heteroatoms. The van der Waals surface area contributed by atoms with E-state index in [9.17, 15) is 13.2 Å². The van der Waals surface area contributed by atoms with Crippen molar-refractivity contribution >= 4 is 27.0 Å². The maximum Gasteiger partial charge on any atom is 0.242 e. The van der Waals surface area contributed by atoms with Gasteiger partial charge in [-0.1, -0.05) is 6.07 Å². The van der Waals surface area contributed by atoms with E-state index in [1.54, 1.807) is 42.5 Å². The topological polar surface area (TPSA) is 88.4 Å². The van der Waals surface area contributed by atoms with Gasteiger partial charge in [0.1, 0.15) is 5.82 Å². The van der Waals surface area contributed by atoms with Crippen molar-refractivity contribution in [3.8, 4) is 0 Å². The van der Waals surface area contributed by atoms with E-state index in [2.05, 4.69) is 9.97 Å². The first-order valence-electron chi connectivity index (χ1n) is 9.21. The minimum absolute atomic E-state index is 0.0109. The summed E-state index contributed by atoms with van der Waals surface area (Å²) in [6.07, 6.45) is 4.23. The molecule has 0 saturated carbocycles. The van der Waals surface area contributed by atoms with Gasteiger partial charge in [0.05, 0.1) is 15.9 Å². The maximum atomic E-state index is 12.5. The summed E-state index contributed by atoms with van der Waals surface area (Å²) in [6.45, 7) is 0.501. The first-order valence-corrected chi connectivity index (χ1v) is 10.6. The van der Waals surface area contributed by atoms with Crippen molar-refractivity contribution in [3.63, 3.8) is 0 Å². The van der Waals surface area contributed by atoms with Crippen LogP contribution in [-0.4, -0.2) is 59.2 Å². The van der Waals surface area contributed by atoms with E-state index in [0.29, 0.717) is 24.9 Å². The number of hydrogen-bond donors (Lipinski definition) is 0.